The van der Waals surface area contributed by atoms with Crippen molar-refractivity contribution in [2.24, 2.45) is 11.7 Å². The molecule has 4 nitrogen and oxygen atoms in total. The van der Waals surface area contributed by atoms with E-state index in [9.17, 15) is 10.1 Å². The molecule has 0 heterocycles. The highest BCUT2D eigenvalue weighted by molar-refractivity contribution is 5.41. The van der Waals surface area contributed by atoms with E-state index in [0.717, 1.165) is 6.42 Å². The Kier molecular flexibility index (Phi) is 2.68. The van der Waals surface area contributed by atoms with Crippen LogP contribution in [0.5, 0.6) is 0 Å². The molecule has 1 aliphatic carbocycles. The molecule has 1 fully saturated rings. The van der Waals surface area contributed by atoms with Gasteiger partial charge in [0.15, 0.2) is 0 Å². The molecule has 1 aliphatic rings. The molecule has 1 aromatic rings. The summed E-state index contributed by atoms with van der Waals surface area (Å²) in [6.45, 7) is 0. The van der Waals surface area contributed by atoms with Crippen LogP contribution in [0.2, 0.25) is 0 Å². The van der Waals surface area contributed by atoms with Gasteiger partial charge in [0.25, 0.3) is 5.69 Å². The molecule has 0 radical (unpaired) electrons. The number of hydrogen-bond acceptors (Lipinski definition) is 3. The summed E-state index contributed by atoms with van der Waals surface area (Å²) < 4.78 is 0. The number of nitrogens with two attached hydrogens (primary N) is 1. The van der Waals surface area contributed by atoms with Crippen LogP contribution in [0.15, 0.2) is 24.3 Å². The molecule has 0 amide bonds. The third-order valence-electron chi connectivity index (χ3n) is 2.82. The van der Waals surface area contributed by atoms with E-state index in [1.807, 2.05) is 0 Å². The lowest BCUT2D eigenvalue weighted by molar-refractivity contribution is -0.385. The number of nitrogens with zero attached hydrogens (tertiary/aromatic N) is 1. The summed E-state index contributed by atoms with van der Waals surface area (Å²) in [6.07, 6.45) is 3.30. The van der Waals surface area contributed by atoms with Crippen LogP contribution >= 0.6 is 0 Å². The normalized spacial score (nSPS) is 17.4. The van der Waals surface area contributed by atoms with Gasteiger partial charge < -0.3 is 5.73 Å². The third kappa shape index (κ3) is 2.33. The SMILES string of the molecule is N[C@H](CC1CC1)c1ccccc1[N+](=O)[O-]. The maximum absolute atomic E-state index is 10.8. The van der Waals surface area contributed by atoms with E-state index in [1.54, 1.807) is 18.2 Å². The molecular formula is C11H14N2O2. The lowest BCUT2D eigenvalue weighted by atomic mass is 10.0. The van der Waals surface area contributed by atoms with E-state index in [-0.39, 0.29) is 16.7 Å². The second-order valence-corrected chi connectivity index (χ2v) is 4.10. The zero-order valence-corrected chi connectivity index (χ0v) is 8.43. The largest absolute Gasteiger partial charge is 0.324 e. The third-order valence-corrected chi connectivity index (χ3v) is 2.82. The lowest BCUT2D eigenvalue weighted by Crippen LogP contribution is -2.12. The Morgan fingerprint density at radius 2 is 2.13 bits per heavy atom. The Labute approximate surface area is 88.2 Å². The number of nitro benzene ring substituents is 1. The maximum atomic E-state index is 10.8. The standard InChI is InChI=1S/C11H14N2O2/c12-10(7-8-5-6-8)9-3-1-2-4-11(9)13(14)15/h1-4,8,10H,5-7,12H2/t10-/m1/s1. The molecule has 0 unspecified atom stereocenters. The molecule has 15 heavy (non-hydrogen) atoms. The summed E-state index contributed by atoms with van der Waals surface area (Å²) in [7, 11) is 0. The highest BCUT2D eigenvalue weighted by atomic mass is 16.6. The predicted molar refractivity (Wildman–Crippen MR) is 57.4 cm³/mol. The molecule has 4 heteroatoms. The van der Waals surface area contributed by atoms with Gasteiger partial charge in [-0.3, -0.25) is 10.1 Å². The molecule has 0 aliphatic heterocycles. The van der Waals surface area contributed by atoms with E-state index in [1.165, 1.54) is 18.9 Å². The van der Waals surface area contributed by atoms with Crippen LogP contribution in [0.4, 0.5) is 5.69 Å². The van der Waals surface area contributed by atoms with Crippen LogP contribution in [0.25, 0.3) is 0 Å². The van der Waals surface area contributed by atoms with Gasteiger partial charge in [-0.05, 0) is 12.3 Å². The molecule has 2 N–H and O–H groups in total. The van der Waals surface area contributed by atoms with Crippen molar-refractivity contribution in [2.45, 2.75) is 25.3 Å². The number of para-hydroxylation sites is 1. The summed E-state index contributed by atoms with van der Waals surface area (Å²) in [5.41, 5.74) is 6.78. The minimum absolute atomic E-state index is 0.144. The van der Waals surface area contributed by atoms with E-state index in [4.69, 9.17) is 5.73 Å². The topological polar surface area (TPSA) is 69.2 Å². The van der Waals surface area contributed by atoms with Crippen molar-refractivity contribution in [3.8, 4) is 0 Å². The highest BCUT2D eigenvalue weighted by Gasteiger charge is 2.27. The number of rotatable bonds is 4. The van der Waals surface area contributed by atoms with Crippen molar-refractivity contribution < 1.29 is 4.92 Å². The van der Waals surface area contributed by atoms with Crippen LogP contribution < -0.4 is 5.73 Å². The van der Waals surface area contributed by atoms with Crippen LogP contribution in [0.3, 0.4) is 0 Å². The zero-order valence-electron chi connectivity index (χ0n) is 8.43. The number of hydrogen-bond donors (Lipinski definition) is 1. The first-order valence-corrected chi connectivity index (χ1v) is 5.17. The Hall–Kier alpha value is -1.42. The second kappa shape index (κ2) is 3.98. The van der Waals surface area contributed by atoms with Gasteiger partial charge in [0.1, 0.15) is 0 Å². The lowest BCUT2D eigenvalue weighted by Gasteiger charge is -2.11. The van der Waals surface area contributed by atoms with E-state index in [0.29, 0.717) is 11.5 Å². The first kappa shape index (κ1) is 10.1. The van der Waals surface area contributed by atoms with E-state index < -0.39 is 0 Å². The molecule has 80 valence electrons. The minimum Gasteiger partial charge on any atom is -0.324 e. The average Bonchev–Trinajstić information content (AvgIpc) is 3.01. The second-order valence-electron chi connectivity index (χ2n) is 4.10. The fourth-order valence-electron chi connectivity index (χ4n) is 1.81. The number of nitro groups is 1. The molecule has 0 spiro atoms. The van der Waals surface area contributed by atoms with Crippen LogP contribution in [0.1, 0.15) is 30.9 Å². The van der Waals surface area contributed by atoms with Gasteiger partial charge in [0.05, 0.1) is 4.92 Å². The Morgan fingerprint density at radius 1 is 1.47 bits per heavy atom. The molecule has 0 saturated heterocycles. The molecule has 1 atom stereocenters. The summed E-state index contributed by atoms with van der Waals surface area (Å²) in [6, 6.07) is 6.55. The maximum Gasteiger partial charge on any atom is 0.274 e. The highest BCUT2D eigenvalue weighted by Crippen LogP contribution is 2.38. The van der Waals surface area contributed by atoms with Gasteiger partial charge in [-0.2, -0.15) is 0 Å². The van der Waals surface area contributed by atoms with Gasteiger partial charge in [-0.25, -0.2) is 0 Å². The Balaban J connectivity index is 2.20. The molecular weight excluding hydrogens is 192 g/mol. The quantitative estimate of drug-likeness (QED) is 0.607. The number of benzene rings is 1. The predicted octanol–water partition coefficient (Wildman–Crippen LogP) is 2.39. The van der Waals surface area contributed by atoms with Gasteiger partial charge in [-0.15, -0.1) is 0 Å². The Morgan fingerprint density at radius 3 is 2.73 bits per heavy atom. The van der Waals surface area contributed by atoms with Gasteiger partial charge in [0, 0.05) is 17.7 Å². The fraction of sp³-hybridized carbons (Fsp3) is 0.455. The van der Waals surface area contributed by atoms with E-state index in [2.05, 4.69) is 0 Å². The molecule has 1 aromatic carbocycles. The molecule has 2 rings (SSSR count). The van der Waals surface area contributed by atoms with Crippen molar-refractivity contribution in [1.82, 2.24) is 0 Å². The minimum atomic E-state index is -0.359. The summed E-state index contributed by atoms with van der Waals surface area (Å²) in [4.78, 5) is 10.4. The van der Waals surface area contributed by atoms with Gasteiger partial charge in [0.2, 0.25) is 0 Å². The van der Waals surface area contributed by atoms with Crippen molar-refractivity contribution in [3.05, 3.63) is 39.9 Å². The van der Waals surface area contributed by atoms with Crippen molar-refractivity contribution in [3.63, 3.8) is 0 Å². The van der Waals surface area contributed by atoms with Crippen molar-refractivity contribution >= 4 is 5.69 Å². The monoisotopic (exact) mass is 206 g/mol. The van der Waals surface area contributed by atoms with Crippen molar-refractivity contribution in [2.75, 3.05) is 0 Å². The van der Waals surface area contributed by atoms with Gasteiger partial charge >= 0.3 is 0 Å². The molecule has 1 saturated carbocycles. The molecule has 0 bridgehead atoms. The van der Waals surface area contributed by atoms with Crippen molar-refractivity contribution in [1.29, 1.82) is 0 Å². The van der Waals surface area contributed by atoms with Crippen LogP contribution in [0, 0.1) is 16.0 Å². The average molecular weight is 206 g/mol. The fourth-order valence-corrected chi connectivity index (χ4v) is 1.81. The molecule has 0 aromatic heterocycles. The first-order valence-electron chi connectivity index (χ1n) is 5.17. The smallest absolute Gasteiger partial charge is 0.274 e. The van der Waals surface area contributed by atoms with Gasteiger partial charge in [-0.1, -0.05) is 31.0 Å². The summed E-state index contributed by atoms with van der Waals surface area (Å²) >= 11 is 0. The van der Waals surface area contributed by atoms with Crippen LogP contribution in [-0.2, 0) is 0 Å². The van der Waals surface area contributed by atoms with Crippen LogP contribution in [-0.4, -0.2) is 4.92 Å². The first-order chi connectivity index (χ1) is 7.18. The Bertz CT molecular complexity index is 375. The summed E-state index contributed by atoms with van der Waals surface area (Å²) in [5, 5.41) is 10.8. The van der Waals surface area contributed by atoms with E-state index >= 15 is 0 Å². The zero-order chi connectivity index (χ0) is 10.8. The summed E-state index contributed by atoms with van der Waals surface area (Å²) in [5.74, 6) is 0.680.